The van der Waals surface area contributed by atoms with E-state index in [0.29, 0.717) is 29.8 Å². The zero-order valence-corrected chi connectivity index (χ0v) is 22.7. The molecule has 0 saturated carbocycles. The quantitative estimate of drug-likeness (QED) is 0.356. The van der Waals surface area contributed by atoms with Crippen molar-refractivity contribution in [3.8, 4) is 17.2 Å². The minimum Gasteiger partial charge on any atom is -0.494 e. The summed E-state index contributed by atoms with van der Waals surface area (Å²) in [5.41, 5.74) is 1.89. The summed E-state index contributed by atoms with van der Waals surface area (Å²) in [5.74, 6) is 1.97. The molecule has 0 bridgehead atoms. The van der Waals surface area contributed by atoms with Crippen molar-refractivity contribution in [2.45, 2.75) is 20.3 Å². The van der Waals surface area contributed by atoms with Crippen molar-refractivity contribution in [2.24, 2.45) is 0 Å². The molecule has 0 unspecified atom stereocenters. The zero-order valence-electron chi connectivity index (χ0n) is 21.0. The first kappa shape index (κ1) is 28.0. The Balaban J connectivity index is 0.00000361. The fourth-order valence-electron chi connectivity index (χ4n) is 4.00. The van der Waals surface area contributed by atoms with E-state index in [1.807, 2.05) is 50.2 Å². The first-order valence-corrected chi connectivity index (χ1v) is 12.8. The van der Waals surface area contributed by atoms with Crippen LogP contribution < -0.4 is 19.1 Å². The molecule has 196 valence electrons. The molecule has 10 heteroatoms. The fourth-order valence-corrected chi connectivity index (χ4v) is 5.10. The molecule has 1 amide bonds. The number of aryl methyl sites for hydroxylation is 1. The van der Waals surface area contributed by atoms with E-state index in [2.05, 4.69) is 4.90 Å². The van der Waals surface area contributed by atoms with Crippen molar-refractivity contribution >= 4 is 45.0 Å². The van der Waals surface area contributed by atoms with Crippen LogP contribution in [-0.2, 0) is 9.53 Å². The summed E-state index contributed by atoms with van der Waals surface area (Å²) < 4.78 is 23.3. The number of hydrogen-bond acceptors (Lipinski definition) is 8. The van der Waals surface area contributed by atoms with Gasteiger partial charge in [0, 0.05) is 26.2 Å². The van der Waals surface area contributed by atoms with Gasteiger partial charge in [-0.25, -0.2) is 4.98 Å². The van der Waals surface area contributed by atoms with Gasteiger partial charge in [-0.05, 0) is 56.2 Å². The summed E-state index contributed by atoms with van der Waals surface area (Å²) in [4.78, 5) is 22.3. The number of carbonyl (C=O) groups is 1. The molecular formula is C26H34ClN3O5S. The van der Waals surface area contributed by atoms with Gasteiger partial charge in [0.1, 0.15) is 22.8 Å². The van der Waals surface area contributed by atoms with Crippen LogP contribution in [0.4, 0.5) is 5.13 Å². The molecule has 0 aliphatic carbocycles. The molecule has 0 spiro atoms. The Hall–Kier alpha value is -2.59. The minimum atomic E-state index is -0.128. The Morgan fingerprint density at radius 2 is 1.81 bits per heavy atom. The van der Waals surface area contributed by atoms with Gasteiger partial charge >= 0.3 is 0 Å². The average Bonchev–Trinajstić information content (AvgIpc) is 3.33. The van der Waals surface area contributed by atoms with Gasteiger partial charge < -0.3 is 18.9 Å². The van der Waals surface area contributed by atoms with Crippen molar-refractivity contribution < 1.29 is 23.7 Å². The van der Waals surface area contributed by atoms with Crippen LogP contribution in [-0.4, -0.2) is 75.5 Å². The van der Waals surface area contributed by atoms with Gasteiger partial charge in [0.15, 0.2) is 11.7 Å². The number of benzene rings is 2. The Kier molecular flexibility index (Phi) is 10.6. The van der Waals surface area contributed by atoms with E-state index < -0.39 is 0 Å². The van der Waals surface area contributed by atoms with Crippen LogP contribution >= 0.6 is 23.7 Å². The van der Waals surface area contributed by atoms with Crippen molar-refractivity contribution in [3.63, 3.8) is 0 Å². The van der Waals surface area contributed by atoms with E-state index in [1.165, 1.54) is 11.3 Å². The lowest BCUT2D eigenvalue weighted by atomic mass is 10.2. The number of ether oxygens (including phenoxy) is 4. The summed E-state index contributed by atoms with van der Waals surface area (Å²) in [6.07, 6.45) is 0.834. The molecule has 3 aromatic rings. The maximum atomic E-state index is 13.4. The lowest BCUT2D eigenvalue weighted by Crippen LogP contribution is -2.40. The van der Waals surface area contributed by atoms with E-state index in [-0.39, 0.29) is 24.9 Å². The summed E-state index contributed by atoms with van der Waals surface area (Å²) in [6, 6.07) is 11.2. The highest BCUT2D eigenvalue weighted by Crippen LogP contribution is 2.36. The number of halogens is 1. The topological polar surface area (TPSA) is 73.4 Å². The normalized spacial score (nSPS) is 13.8. The highest BCUT2D eigenvalue weighted by atomic mass is 35.5. The smallest absolute Gasteiger partial charge is 0.266 e. The first-order valence-electron chi connectivity index (χ1n) is 12.0. The monoisotopic (exact) mass is 535 g/mol. The molecular weight excluding hydrogens is 502 g/mol. The number of anilines is 1. The Labute approximate surface area is 222 Å². The van der Waals surface area contributed by atoms with E-state index in [9.17, 15) is 4.79 Å². The van der Waals surface area contributed by atoms with Gasteiger partial charge in [-0.1, -0.05) is 17.4 Å². The van der Waals surface area contributed by atoms with E-state index >= 15 is 0 Å². The molecule has 0 atom stereocenters. The van der Waals surface area contributed by atoms with Crippen molar-refractivity contribution in [1.82, 2.24) is 9.88 Å². The number of nitrogens with zero attached hydrogens (tertiary/aromatic N) is 3. The Morgan fingerprint density at radius 1 is 1.11 bits per heavy atom. The van der Waals surface area contributed by atoms with E-state index in [1.54, 1.807) is 12.0 Å². The number of morpholine rings is 1. The first-order chi connectivity index (χ1) is 17.1. The number of thiazole rings is 1. The Morgan fingerprint density at radius 3 is 2.47 bits per heavy atom. The molecule has 0 radical (unpaired) electrons. The van der Waals surface area contributed by atoms with Gasteiger partial charge in [0.05, 0.1) is 31.6 Å². The maximum absolute atomic E-state index is 13.4. The second-order valence-corrected chi connectivity index (χ2v) is 9.28. The van der Waals surface area contributed by atoms with Gasteiger partial charge in [-0.3, -0.25) is 14.6 Å². The fraction of sp³-hybridized carbons (Fsp3) is 0.462. The molecule has 1 aromatic heterocycles. The molecule has 2 aromatic carbocycles. The van der Waals surface area contributed by atoms with Gasteiger partial charge in [-0.15, -0.1) is 12.4 Å². The molecule has 2 heterocycles. The van der Waals surface area contributed by atoms with Crippen LogP contribution in [0.15, 0.2) is 36.4 Å². The largest absolute Gasteiger partial charge is 0.494 e. The second kappa shape index (κ2) is 13.6. The molecule has 1 aliphatic heterocycles. The third-order valence-electron chi connectivity index (χ3n) is 5.90. The lowest BCUT2D eigenvalue weighted by Gasteiger charge is -2.27. The molecule has 1 fully saturated rings. The zero-order chi connectivity index (χ0) is 24.6. The number of carbonyl (C=O) groups excluding carboxylic acids is 1. The molecule has 4 rings (SSSR count). The highest BCUT2D eigenvalue weighted by Gasteiger charge is 2.22. The highest BCUT2D eigenvalue weighted by molar-refractivity contribution is 7.22. The summed E-state index contributed by atoms with van der Waals surface area (Å²) in [7, 11) is 1.64. The van der Waals surface area contributed by atoms with Crippen molar-refractivity contribution in [3.05, 3.63) is 42.0 Å². The van der Waals surface area contributed by atoms with E-state index in [4.69, 9.17) is 23.9 Å². The standard InChI is InChI=1S/C26H33N3O5S.ClH/c1-4-33-20-7-9-21(10-8-20)34-18-23(30)29(13-5-12-28-14-16-32-17-15-28)26-27-24-22(31-3)11-6-19(2)25(24)35-26;/h6-11H,4-5,12-18H2,1-3H3;1H. The van der Waals surface area contributed by atoms with Gasteiger partial charge in [0.2, 0.25) is 0 Å². The van der Waals surface area contributed by atoms with Gasteiger partial charge in [-0.2, -0.15) is 0 Å². The number of aromatic nitrogens is 1. The van der Waals surface area contributed by atoms with Crippen LogP contribution in [0.3, 0.4) is 0 Å². The lowest BCUT2D eigenvalue weighted by molar-refractivity contribution is -0.120. The molecule has 1 saturated heterocycles. The molecule has 0 N–H and O–H groups in total. The summed E-state index contributed by atoms with van der Waals surface area (Å²) in [5, 5.41) is 0.662. The molecule has 36 heavy (non-hydrogen) atoms. The summed E-state index contributed by atoms with van der Waals surface area (Å²) >= 11 is 1.51. The predicted molar refractivity (Wildman–Crippen MR) is 145 cm³/mol. The van der Waals surface area contributed by atoms with Crippen molar-refractivity contribution in [1.29, 1.82) is 0 Å². The maximum Gasteiger partial charge on any atom is 0.266 e. The van der Waals surface area contributed by atoms with Crippen LogP contribution in [0.2, 0.25) is 0 Å². The van der Waals surface area contributed by atoms with Crippen LogP contribution in [0.25, 0.3) is 10.2 Å². The second-order valence-electron chi connectivity index (χ2n) is 8.30. The number of hydrogen-bond donors (Lipinski definition) is 0. The minimum absolute atomic E-state index is 0. The van der Waals surface area contributed by atoms with Gasteiger partial charge in [0.25, 0.3) is 5.91 Å². The molecule has 8 nitrogen and oxygen atoms in total. The summed E-state index contributed by atoms with van der Waals surface area (Å²) in [6.45, 7) is 9.34. The van der Waals surface area contributed by atoms with E-state index in [0.717, 1.165) is 60.8 Å². The predicted octanol–water partition coefficient (Wildman–Crippen LogP) is 4.57. The number of amides is 1. The SMILES string of the molecule is CCOc1ccc(OCC(=O)N(CCCN2CCOCC2)c2nc3c(OC)ccc(C)c3s2)cc1.Cl. The van der Waals surface area contributed by atoms with Crippen molar-refractivity contribution in [2.75, 3.05) is 64.6 Å². The number of rotatable bonds is 11. The molecule has 1 aliphatic rings. The van der Waals surface area contributed by atoms with Crippen LogP contribution in [0, 0.1) is 6.92 Å². The third kappa shape index (κ3) is 7.00. The Bertz CT molecular complexity index is 1120. The third-order valence-corrected chi connectivity index (χ3v) is 7.11. The number of methoxy groups -OCH3 is 1. The van der Waals surface area contributed by atoms with Crippen LogP contribution in [0.5, 0.6) is 17.2 Å². The number of fused-ring (bicyclic) bond motifs is 1. The van der Waals surface area contributed by atoms with Crippen LogP contribution in [0.1, 0.15) is 18.9 Å². The average molecular weight is 536 g/mol.